The minimum absolute atomic E-state index is 0.0205. The van der Waals surface area contributed by atoms with E-state index in [9.17, 15) is 22.7 Å². The Balaban J connectivity index is 1.60. The number of ketones is 1. The van der Waals surface area contributed by atoms with Crippen LogP contribution in [0.25, 0.3) is 0 Å². The van der Waals surface area contributed by atoms with E-state index in [2.05, 4.69) is 6.92 Å². The molecule has 1 heterocycles. The lowest BCUT2D eigenvalue weighted by Gasteiger charge is -2.20. The molecular weight excluding hydrogens is 419 g/mol. The third-order valence-electron chi connectivity index (χ3n) is 6.63. The molecule has 1 atom stereocenters. The van der Waals surface area contributed by atoms with E-state index in [0.29, 0.717) is 23.5 Å². The maximum atomic E-state index is 14.7. The molecule has 2 aliphatic rings. The number of benzene rings is 1. The number of hydrogen-bond donors (Lipinski definition) is 1. The van der Waals surface area contributed by atoms with Gasteiger partial charge in [-0.15, -0.1) is 0 Å². The minimum Gasteiger partial charge on any atom is -0.453 e. The van der Waals surface area contributed by atoms with Gasteiger partial charge in [0, 0.05) is 18.1 Å². The number of hydrogen-bond acceptors (Lipinski definition) is 5. The highest BCUT2D eigenvalue weighted by atomic mass is 32.2. The first-order valence-corrected chi connectivity index (χ1v) is 12.5. The number of aliphatic hydroxyl groups is 1. The topological polar surface area (TPSA) is 84.6 Å². The van der Waals surface area contributed by atoms with Crippen molar-refractivity contribution >= 4 is 15.6 Å². The third kappa shape index (κ3) is 4.48. The number of sulfone groups is 1. The molecule has 0 radical (unpaired) electrons. The number of furan rings is 1. The molecule has 0 spiro atoms. The molecular formula is C24H29FO5S. The Kier molecular flexibility index (Phi) is 5.63. The SMILES string of the molecule is C[C@H](c1cc(F)c2c(c1CC(=O)CS(=O)(=O)c1cc(C(C)(C)O)co1)CCC2)C1CC1. The minimum atomic E-state index is -3.98. The molecule has 2 aromatic rings. The lowest BCUT2D eigenvalue weighted by Crippen LogP contribution is -2.20. The van der Waals surface area contributed by atoms with E-state index >= 15 is 0 Å². The van der Waals surface area contributed by atoms with E-state index in [4.69, 9.17) is 4.42 Å². The second kappa shape index (κ2) is 7.85. The largest absolute Gasteiger partial charge is 0.453 e. The summed E-state index contributed by atoms with van der Waals surface area (Å²) < 4.78 is 45.3. The summed E-state index contributed by atoms with van der Waals surface area (Å²) in [6.45, 7) is 5.12. The summed E-state index contributed by atoms with van der Waals surface area (Å²) in [5.41, 5.74) is 2.34. The molecule has 4 rings (SSSR count). The van der Waals surface area contributed by atoms with Crippen molar-refractivity contribution in [3.8, 4) is 0 Å². The van der Waals surface area contributed by atoms with Gasteiger partial charge in [-0.05, 0) is 86.1 Å². The molecule has 0 bridgehead atoms. The van der Waals surface area contributed by atoms with E-state index < -0.39 is 27.0 Å². The van der Waals surface area contributed by atoms with Crippen molar-refractivity contribution in [1.29, 1.82) is 0 Å². The summed E-state index contributed by atoms with van der Waals surface area (Å²) in [4.78, 5) is 12.9. The highest BCUT2D eigenvalue weighted by Crippen LogP contribution is 2.45. The standard InChI is InChI=1S/C24H29FO5S/c1-14(15-7-8-15)20-11-22(25)19-6-4-5-18(19)21(20)10-17(26)13-31(28,29)23-9-16(12-30-23)24(2,3)27/h9,11-12,14-15,27H,4-8,10,13H2,1-3H3/t14-/m0/s1. The van der Waals surface area contributed by atoms with Crippen LogP contribution in [-0.2, 0) is 39.5 Å². The predicted octanol–water partition coefficient (Wildman–Crippen LogP) is 4.23. The van der Waals surface area contributed by atoms with Gasteiger partial charge in [-0.2, -0.15) is 0 Å². The van der Waals surface area contributed by atoms with Gasteiger partial charge in [-0.25, -0.2) is 12.8 Å². The Bertz CT molecular complexity index is 1120. The van der Waals surface area contributed by atoms with Crippen LogP contribution in [0.1, 0.15) is 73.8 Å². The highest BCUT2D eigenvalue weighted by Gasteiger charge is 2.34. The fourth-order valence-electron chi connectivity index (χ4n) is 4.62. The van der Waals surface area contributed by atoms with Crippen LogP contribution in [0.4, 0.5) is 4.39 Å². The quantitative estimate of drug-likeness (QED) is 0.653. The first-order valence-electron chi connectivity index (χ1n) is 10.9. The summed E-state index contributed by atoms with van der Waals surface area (Å²) in [6.07, 6.45) is 5.60. The first kappa shape index (κ1) is 22.2. The molecule has 0 unspecified atom stereocenters. The van der Waals surface area contributed by atoms with Gasteiger partial charge in [0.05, 0.1) is 11.9 Å². The molecule has 0 aliphatic heterocycles. The van der Waals surface area contributed by atoms with Crippen molar-refractivity contribution in [3.63, 3.8) is 0 Å². The second-order valence-electron chi connectivity index (χ2n) is 9.55. The second-order valence-corrected chi connectivity index (χ2v) is 11.5. The van der Waals surface area contributed by atoms with Gasteiger partial charge in [-0.1, -0.05) is 6.92 Å². The lowest BCUT2D eigenvalue weighted by atomic mass is 9.85. The Morgan fingerprint density at radius 1 is 1.26 bits per heavy atom. The maximum Gasteiger partial charge on any atom is 0.218 e. The molecule has 5 nitrogen and oxygen atoms in total. The van der Waals surface area contributed by atoms with Crippen molar-refractivity contribution in [1.82, 2.24) is 0 Å². The zero-order chi connectivity index (χ0) is 22.6. The molecule has 1 saturated carbocycles. The summed E-state index contributed by atoms with van der Waals surface area (Å²) in [6, 6.07) is 2.84. The van der Waals surface area contributed by atoms with E-state index in [1.54, 1.807) is 6.07 Å². The van der Waals surface area contributed by atoms with Crippen molar-refractivity contribution in [2.24, 2.45) is 5.92 Å². The van der Waals surface area contributed by atoms with E-state index in [0.717, 1.165) is 42.4 Å². The van der Waals surface area contributed by atoms with Crippen LogP contribution in [0.3, 0.4) is 0 Å². The number of Topliss-reactive ketones (excluding diaryl/α,β-unsaturated/α-hetero) is 1. The number of fused-ring (bicyclic) bond motifs is 1. The van der Waals surface area contributed by atoms with Gasteiger partial charge in [-0.3, -0.25) is 4.79 Å². The van der Waals surface area contributed by atoms with Crippen molar-refractivity contribution in [3.05, 3.63) is 52.0 Å². The molecule has 31 heavy (non-hydrogen) atoms. The van der Waals surface area contributed by atoms with Gasteiger partial charge in [0.2, 0.25) is 14.9 Å². The van der Waals surface area contributed by atoms with Gasteiger partial charge in [0.25, 0.3) is 0 Å². The molecule has 0 amide bonds. The van der Waals surface area contributed by atoms with Crippen LogP contribution in [0.2, 0.25) is 0 Å². The zero-order valence-corrected chi connectivity index (χ0v) is 19.0. The van der Waals surface area contributed by atoms with E-state index in [1.165, 1.54) is 26.2 Å². The molecule has 168 valence electrons. The Labute approximate surface area is 182 Å². The number of halogens is 1. The fraction of sp³-hybridized carbons (Fsp3) is 0.542. The summed E-state index contributed by atoms with van der Waals surface area (Å²) >= 11 is 0. The van der Waals surface area contributed by atoms with Gasteiger partial charge < -0.3 is 9.52 Å². The highest BCUT2D eigenvalue weighted by molar-refractivity contribution is 7.92. The van der Waals surface area contributed by atoms with E-state index in [1.807, 2.05) is 0 Å². The van der Waals surface area contributed by atoms with Gasteiger partial charge in [0.15, 0.2) is 5.78 Å². The Morgan fingerprint density at radius 2 is 1.94 bits per heavy atom. The maximum absolute atomic E-state index is 14.7. The van der Waals surface area contributed by atoms with Crippen LogP contribution in [0.15, 0.2) is 27.9 Å². The molecule has 2 aliphatic carbocycles. The van der Waals surface area contributed by atoms with Crippen LogP contribution in [-0.4, -0.2) is 25.1 Å². The summed E-state index contributed by atoms with van der Waals surface area (Å²) in [5.74, 6) is -0.673. The molecule has 7 heteroatoms. The normalized spacial score (nSPS) is 17.6. The fourth-order valence-corrected chi connectivity index (χ4v) is 5.79. The van der Waals surface area contributed by atoms with E-state index in [-0.39, 0.29) is 23.2 Å². The van der Waals surface area contributed by atoms with Crippen molar-refractivity contribution < 1.29 is 27.1 Å². The molecule has 1 N–H and O–H groups in total. The van der Waals surface area contributed by atoms with Crippen LogP contribution in [0, 0.1) is 11.7 Å². The average Bonchev–Trinajstić information content (AvgIpc) is 3.17. The van der Waals surface area contributed by atoms with Crippen molar-refractivity contribution in [2.75, 3.05) is 5.75 Å². The average molecular weight is 449 g/mol. The number of rotatable bonds is 8. The third-order valence-corrected chi connectivity index (χ3v) is 8.16. The smallest absolute Gasteiger partial charge is 0.218 e. The summed E-state index contributed by atoms with van der Waals surface area (Å²) in [5, 5.41) is 9.71. The Hall–Kier alpha value is -1.99. The summed E-state index contributed by atoms with van der Waals surface area (Å²) in [7, 11) is -3.98. The van der Waals surface area contributed by atoms with Crippen LogP contribution < -0.4 is 0 Å². The Morgan fingerprint density at radius 3 is 2.55 bits per heavy atom. The molecule has 1 fully saturated rings. The monoisotopic (exact) mass is 448 g/mol. The van der Waals surface area contributed by atoms with Crippen LogP contribution in [0.5, 0.6) is 0 Å². The number of carbonyl (C=O) groups is 1. The number of carbonyl (C=O) groups excluding carboxylic acids is 1. The lowest BCUT2D eigenvalue weighted by molar-refractivity contribution is -0.116. The zero-order valence-electron chi connectivity index (χ0n) is 18.2. The predicted molar refractivity (Wildman–Crippen MR) is 114 cm³/mol. The van der Waals surface area contributed by atoms with Crippen molar-refractivity contribution in [2.45, 2.75) is 75.9 Å². The van der Waals surface area contributed by atoms with Gasteiger partial charge >= 0.3 is 0 Å². The van der Waals surface area contributed by atoms with Gasteiger partial charge in [0.1, 0.15) is 11.6 Å². The van der Waals surface area contributed by atoms with Crippen LogP contribution >= 0.6 is 0 Å². The molecule has 1 aromatic carbocycles. The molecule has 0 saturated heterocycles. The first-order chi connectivity index (χ1) is 14.5. The molecule has 1 aromatic heterocycles.